The molecule has 1 N–H and O–H groups in total. The van der Waals surface area contributed by atoms with Gasteiger partial charge in [0.05, 0.1) is 11.0 Å². The number of nitrogens with zero attached hydrogens (tertiary/aromatic N) is 1. The molecule has 0 radical (unpaired) electrons. The van der Waals surface area contributed by atoms with E-state index < -0.39 is 11.7 Å². The minimum absolute atomic E-state index is 0.0430. The van der Waals surface area contributed by atoms with Crippen molar-refractivity contribution < 1.29 is 19.1 Å². The minimum Gasteiger partial charge on any atom is -0.480 e. The van der Waals surface area contributed by atoms with E-state index in [1.165, 1.54) is 0 Å². The van der Waals surface area contributed by atoms with Gasteiger partial charge in [-0.05, 0) is 82.1 Å². The van der Waals surface area contributed by atoms with Crippen molar-refractivity contribution in [2.75, 3.05) is 13.1 Å². The molecule has 3 aliphatic rings. The molecule has 6 heteroatoms. The zero-order valence-electron chi connectivity index (χ0n) is 19.1. The molecule has 0 unspecified atom stereocenters. The van der Waals surface area contributed by atoms with Crippen molar-refractivity contribution >= 4 is 16.9 Å². The molecule has 172 valence electrons. The van der Waals surface area contributed by atoms with Crippen molar-refractivity contribution in [3.63, 3.8) is 0 Å². The summed E-state index contributed by atoms with van der Waals surface area (Å²) >= 11 is 0. The van der Waals surface area contributed by atoms with Gasteiger partial charge >= 0.3 is 5.63 Å². The first kappa shape index (κ1) is 21.5. The summed E-state index contributed by atoms with van der Waals surface area (Å²) in [7, 11) is 0. The van der Waals surface area contributed by atoms with Crippen LogP contribution in [0.1, 0.15) is 68.6 Å². The molecule has 0 bridgehead atoms. The van der Waals surface area contributed by atoms with Gasteiger partial charge in [-0.25, -0.2) is 4.79 Å². The summed E-state index contributed by atoms with van der Waals surface area (Å²) in [5.74, 6) is 0.731. The van der Waals surface area contributed by atoms with Gasteiger partial charge in [-0.15, -0.1) is 0 Å². The number of rotatable bonds is 3. The van der Waals surface area contributed by atoms with Crippen molar-refractivity contribution in [3.8, 4) is 5.75 Å². The molecule has 1 amide bonds. The van der Waals surface area contributed by atoms with Gasteiger partial charge < -0.3 is 19.2 Å². The van der Waals surface area contributed by atoms with Crippen LogP contribution in [0.5, 0.6) is 5.75 Å². The molecule has 3 atom stereocenters. The van der Waals surface area contributed by atoms with Crippen molar-refractivity contribution in [2.24, 2.45) is 5.92 Å². The van der Waals surface area contributed by atoms with E-state index in [1.54, 1.807) is 6.92 Å². The quantitative estimate of drug-likeness (QED) is 0.734. The first-order valence-electron chi connectivity index (χ1n) is 12.1. The molecule has 2 aliphatic carbocycles. The predicted molar refractivity (Wildman–Crippen MR) is 122 cm³/mol. The zero-order chi connectivity index (χ0) is 22.5. The van der Waals surface area contributed by atoms with Crippen LogP contribution >= 0.6 is 0 Å². The average Bonchev–Trinajstić information content (AvgIpc) is 2.77. The Bertz CT molecular complexity index is 1110. The normalized spacial score (nSPS) is 26.3. The highest BCUT2D eigenvalue weighted by molar-refractivity contribution is 5.89. The van der Waals surface area contributed by atoms with Crippen LogP contribution in [0.15, 0.2) is 21.3 Å². The molecule has 1 saturated carbocycles. The predicted octanol–water partition coefficient (Wildman–Crippen LogP) is 3.90. The third kappa shape index (κ3) is 3.72. The Kier molecular flexibility index (Phi) is 5.52. The Hall–Kier alpha value is -2.34. The molecule has 32 heavy (non-hydrogen) atoms. The molecule has 2 fully saturated rings. The van der Waals surface area contributed by atoms with Crippen LogP contribution < -0.4 is 10.4 Å². The highest BCUT2D eigenvalue weighted by Crippen LogP contribution is 2.40. The number of carbonyl (C=O) groups excluding carboxylic acids is 1. The van der Waals surface area contributed by atoms with E-state index in [0.29, 0.717) is 30.8 Å². The number of likely N-dealkylation sites (tertiary alicyclic amines) is 1. The fourth-order valence-electron chi connectivity index (χ4n) is 6.03. The Morgan fingerprint density at radius 1 is 1.19 bits per heavy atom. The maximum atomic E-state index is 13.3. The molecular formula is C26H33NO5. The smallest absolute Gasteiger partial charge is 0.339 e. The second-order valence-corrected chi connectivity index (χ2v) is 10.0. The molecule has 0 spiro atoms. The monoisotopic (exact) mass is 439 g/mol. The van der Waals surface area contributed by atoms with E-state index in [0.717, 1.165) is 73.4 Å². The van der Waals surface area contributed by atoms with E-state index in [2.05, 4.69) is 0 Å². The lowest BCUT2D eigenvalue weighted by atomic mass is 9.71. The van der Waals surface area contributed by atoms with Crippen LogP contribution in [0.4, 0.5) is 0 Å². The number of aliphatic hydroxyl groups is 1. The van der Waals surface area contributed by atoms with E-state index in [4.69, 9.17) is 9.15 Å². The van der Waals surface area contributed by atoms with E-state index in [1.807, 2.05) is 24.0 Å². The third-order valence-electron chi connectivity index (χ3n) is 7.82. The summed E-state index contributed by atoms with van der Waals surface area (Å²) in [4.78, 5) is 27.6. The van der Waals surface area contributed by atoms with Gasteiger partial charge in [-0.1, -0.05) is 12.8 Å². The summed E-state index contributed by atoms with van der Waals surface area (Å²) in [5.41, 5.74) is 2.38. The molecule has 2 aromatic rings. The molecule has 2 heterocycles. The number of amides is 1. The summed E-state index contributed by atoms with van der Waals surface area (Å²) in [6.07, 6.45) is 7.57. The molecule has 5 rings (SSSR count). The van der Waals surface area contributed by atoms with Crippen molar-refractivity contribution in [1.82, 2.24) is 4.90 Å². The number of benzene rings is 1. The first-order chi connectivity index (χ1) is 15.4. The Morgan fingerprint density at radius 2 is 1.97 bits per heavy atom. The van der Waals surface area contributed by atoms with E-state index >= 15 is 0 Å². The van der Waals surface area contributed by atoms with Crippen LogP contribution in [-0.2, 0) is 17.6 Å². The number of hydrogen-bond acceptors (Lipinski definition) is 5. The number of ether oxygens (including phenoxy) is 1. The van der Waals surface area contributed by atoms with Crippen molar-refractivity contribution in [1.29, 1.82) is 0 Å². The van der Waals surface area contributed by atoms with Gasteiger partial charge in [0.1, 0.15) is 11.3 Å². The Labute approximate surface area is 188 Å². The highest BCUT2D eigenvalue weighted by Gasteiger charge is 2.44. The molecule has 1 aromatic heterocycles. The topological polar surface area (TPSA) is 80.0 Å². The fraction of sp³-hybridized carbons (Fsp3) is 0.615. The van der Waals surface area contributed by atoms with Gasteiger partial charge in [0.15, 0.2) is 6.10 Å². The zero-order valence-corrected chi connectivity index (χ0v) is 19.1. The molecule has 1 aliphatic heterocycles. The second kappa shape index (κ2) is 8.22. The Balaban J connectivity index is 1.42. The maximum absolute atomic E-state index is 13.3. The summed E-state index contributed by atoms with van der Waals surface area (Å²) in [5, 5.41) is 11.8. The van der Waals surface area contributed by atoms with E-state index in [9.17, 15) is 14.7 Å². The van der Waals surface area contributed by atoms with Crippen LogP contribution in [0.25, 0.3) is 11.0 Å². The standard InChI is InChI=1S/C26H33NO5/c1-16-13-21(23-19-8-3-4-9-20(19)25(29)32-22(23)14-16)31-17(2)24(28)27-12-11-26(30)10-6-5-7-18(26)15-27/h13-14,17-18,30H,3-12,15H2,1-2H3/t17-,18+,26-/m0/s1. The highest BCUT2D eigenvalue weighted by atomic mass is 16.5. The first-order valence-corrected chi connectivity index (χ1v) is 12.1. The Morgan fingerprint density at radius 3 is 2.78 bits per heavy atom. The fourth-order valence-corrected chi connectivity index (χ4v) is 6.03. The van der Waals surface area contributed by atoms with Gasteiger partial charge in [0.2, 0.25) is 0 Å². The second-order valence-electron chi connectivity index (χ2n) is 10.0. The van der Waals surface area contributed by atoms with Crippen molar-refractivity contribution in [2.45, 2.75) is 83.3 Å². The molecular weight excluding hydrogens is 406 g/mol. The van der Waals surface area contributed by atoms with Gasteiger partial charge in [0.25, 0.3) is 5.91 Å². The SMILES string of the molecule is Cc1cc(O[C@@H](C)C(=O)N2CC[C@@]3(O)CCCC[C@@H]3C2)c2c3c(c(=O)oc2c1)CCCC3. The average molecular weight is 440 g/mol. The van der Waals surface area contributed by atoms with Crippen molar-refractivity contribution in [3.05, 3.63) is 39.2 Å². The maximum Gasteiger partial charge on any atom is 0.339 e. The van der Waals surface area contributed by atoms with Crippen LogP contribution in [0.2, 0.25) is 0 Å². The third-order valence-corrected chi connectivity index (χ3v) is 7.82. The summed E-state index contributed by atoms with van der Waals surface area (Å²) < 4.78 is 11.9. The van der Waals surface area contributed by atoms with Gasteiger partial charge in [-0.2, -0.15) is 0 Å². The number of carbonyl (C=O) groups is 1. The molecule has 1 aromatic carbocycles. The molecule has 1 saturated heterocycles. The van der Waals surface area contributed by atoms with Crippen LogP contribution in [0.3, 0.4) is 0 Å². The summed E-state index contributed by atoms with van der Waals surface area (Å²) in [6.45, 7) is 4.90. The van der Waals surface area contributed by atoms with E-state index in [-0.39, 0.29) is 17.5 Å². The number of fused-ring (bicyclic) bond motifs is 4. The minimum atomic E-state index is -0.652. The van der Waals surface area contributed by atoms with Gasteiger partial charge in [0, 0.05) is 24.6 Å². The number of aryl methyl sites for hydroxylation is 2. The lowest BCUT2D eigenvalue weighted by Crippen LogP contribution is -2.56. The van der Waals surface area contributed by atoms with Gasteiger partial charge in [-0.3, -0.25) is 4.79 Å². The lowest BCUT2D eigenvalue weighted by Gasteiger charge is -2.47. The largest absolute Gasteiger partial charge is 0.480 e. The lowest BCUT2D eigenvalue weighted by molar-refractivity contribution is -0.149. The van der Waals surface area contributed by atoms with Crippen LogP contribution in [-0.4, -0.2) is 40.7 Å². The number of piperidine rings is 1. The summed E-state index contributed by atoms with van der Waals surface area (Å²) in [6, 6.07) is 3.82. The van der Waals surface area contributed by atoms with Crippen LogP contribution in [0, 0.1) is 12.8 Å². The molecule has 6 nitrogen and oxygen atoms in total. The number of hydrogen-bond donors (Lipinski definition) is 1.